The quantitative estimate of drug-likeness (QED) is 0.629. The first-order valence-corrected chi connectivity index (χ1v) is 9.31. The van der Waals surface area contributed by atoms with Crippen LogP contribution in [0.2, 0.25) is 0 Å². The number of anilines is 1. The second kappa shape index (κ2) is 8.83. The van der Waals surface area contributed by atoms with E-state index in [1.807, 2.05) is 29.2 Å². The first-order valence-electron chi connectivity index (χ1n) is 9.31. The summed E-state index contributed by atoms with van der Waals surface area (Å²) in [6.45, 7) is 3.50. The Morgan fingerprint density at radius 3 is 2.68 bits per heavy atom. The molecule has 2 heterocycles. The molecular weight excluding hydrogens is 354 g/mol. The third-order valence-corrected chi connectivity index (χ3v) is 5.02. The fourth-order valence-corrected chi connectivity index (χ4v) is 3.23. The number of β-amino-alcohol motifs (C(OH)–C–C–N with tert-alkyl or cyclic N) is 1. The van der Waals surface area contributed by atoms with Gasteiger partial charge in [0, 0.05) is 13.1 Å². The van der Waals surface area contributed by atoms with Crippen molar-refractivity contribution in [2.75, 3.05) is 24.5 Å². The highest BCUT2D eigenvalue weighted by molar-refractivity contribution is 5.79. The smallest absolute Gasteiger partial charge is 0.224 e. The summed E-state index contributed by atoms with van der Waals surface area (Å²) >= 11 is 0. The monoisotopic (exact) mass is 379 g/mol. The Kier molecular flexibility index (Phi) is 6.24. The molecule has 0 radical (unpaired) electrons. The molecular formula is C21H25N5O2. The van der Waals surface area contributed by atoms with Crippen molar-refractivity contribution >= 4 is 11.7 Å². The van der Waals surface area contributed by atoms with Gasteiger partial charge in [0.1, 0.15) is 5.69 Å². The number of aromatic nitrogens is 2. The fraction of sp³-hybridized carbons (Fsp3) is 0.381. The van der Waals surface area contributed by atoms with Crippen LogP contribution < -0.4 is 16.0 Å². The summed E-state index contributed by atoms with van der Waals surface area (Å²) in [4.78, 5) is 14.3. The molecule has 2 aromatic rings. The lowest BCUT2D eigenvalue weighted by molar-refractivity contribution is -0.121. The van der Waals surface area contributed by atoms with Gasteiger partial charge in [-0.25, -0.2) is 0 Å². The van der Waals surface area contributed by atoms with Crippen molar-refractivity contribution in [3.63, 3.8) is 0 Å². The molecule has 3 atom stereocenters. The lowest BCUT2D eigenvalue weighted by Crippen LogP contribution is -2.43. The van der Waals surface area contributed by atoms with Crippen LogP contribution in [-0.4, -0.2) is 53.0 Å². The predicted molar refractivity (Wildman–Crippen MR) is 108 cm³/mol. The SMILES string of the molecule is C#Cc1ccc(N2C[C@@H](O)[C@H](NC(=O)Cc3ccc(C(C)CN)cc3)C2)nn1. The average Bonchev–Trinajstić information content (AvgIpc) is 3.08. The zero-order valence-electron chi connectivity index (χ0n) is 15.9. The van der Waals surface area contributed by atoms with Gasteiger partial charge in [-0.05, 0) is 41.6 Å². The molecule has 7 nitrogen and oxygen atoms in total. The standard InChI is InChI=1S/C21H25N5O2/c1-3-17-8-9-20(25-24-17)26-12-18(19(27)13-26)23-21(28)10-15-4-6-16(7-5-15)14(2)11-22/h1,4-9,14,18-19,27H,10-13,22H2,2H3,(H,23,28)/t14?,18-,19-/m1/s1. The Balaban J connectivity index is 1.55. The molecule has 0 spiro atoms. The second-order valence-corrected chi connectivity index (χ2v) is 7.12. The minimum atomic E-state index is -0.675. The number of carbonyl (C=O) groups is 1. The van der Waals surface area contributed by atoms with Crippen molar-refractivity contribution in [1.29, 1.82) is 0 Å². The lowest BCUT2D eigenvalue weighted by atomic mass is 9.99. The summed E-state index contributed by atoms with van der Waals surface area (Å²) in [6, 6.07) is 11.0. The third-order valence-electron chi connectivity index (χ3n) is 5.02. The van der Waals surface area contributed by atoms with Crippen LogP contribution in [0.25, 0.3) is 0 Å². The summed E-state index contributed by atoms with van der Waals surface area (Å²) in [7, 11) is 0. The third kappa shape index (κ3) is 4.66. The van der Waals surface area contributed by atoms with Crippen LogP contribution >= 0.6 is 0 Å². The Bertz CT molecular complexity index is 845. The van der Waals surface area contributed by atoms with E-state index in [1.165, 1.54) is 0 Å². The highest BCUT2D eigenvalue weighted by Crippen LogP contribution is 2.18. The van der Waals surface area contributed by atoms with Gasteiger partial charge in [-0.15, -0.1) is 16.6 Å². The molecule has 1 unspecified atom stereocenters. The predicted octanol–water partition coefficient (Wildman–Crippen LogP) is 0.428. The van der Waals surface area contributed by atoms with E-state index in [2.05, 4.69) is 28.4 Å². The maximum Gasteiger partial charge on any atom is 0.224 e. The van der Waals surface area contributed by atoms with Crippen molar-refractivity contribution in [3.8, 4) is 12.3 Å². The Hall–Kier alpha value is -2.95. The fourth-order valence-electron chi connectivity index (χ4n) is 3.23. The summed E-state index contributed by atoms with van der Waals surface area (Å²) < 4.78 is 0. The second-order valence-electron chi connectivity index (χ2n) is 7.12. The summed E-state index contributed by atoms with van der Waals surface area (Å²) in [5.41, 5.74) is 8.22. The van der Waals surface area contributed by atoms with Crippen LogP contribution in [0.4, 0.5) is 5.82 Å². The van der Waals surface area contributed by atoms with Crippen LogP contribution in [-0.2, 0) is 11.2 Å². The largest absolute Gasteiger partial charge is 0.389 e. The zero-order valence-corrected chi connectivity index (χ0v) is 15.9. The van der Waals surface area contributed by atoms with E-state index in [-0.39, 0.29) is 18.4 Å². The number of aliphatic hydroxyl groups is 1. The van der Waals surface area contributed by atoms with Gasteiger partial charge in [0.25, 0.3) is 0 Å². The number of aliphatic hydroxyl groups excluding tert-OH is 1. The van der Waals surface area contributed by atoms with Gasteiger partial charge in [0.15, 0.2) is 5.82 Å². The van der Waals surface area contributed by atoms with E-state index in [0.717, 1.165) is 11.1 Å². The molecule has 28 heavy (non-hydrogen) atoms. The number of terminal acetylenes is 1. The number of benzene rings is 1. The van der Waals surface area contributed by atoms with Crippen molar-refractivity contribution in [3.05, 3.63) is 53.2 Å². The molecule has 1 aliphatic heterocycles. The molecule has 7 heteroatoms. The van der Waals surface area contributed by atoms with Crippen molar-refractivity contribution in [2.24, 2.45) is 5.73 Å². The Labute approximate surface area is 165 Å². The van der Waals surface area contributed by atoms with E-state index < -0.39 is 6.10 Å². The zero-order chi connectivity index (χ0) is 20.1. The number of nitrogens with two attached hydrogens (primary N) is 1. The van der Waals surface area contributed by atoms with Crippen molar-refractivity contribution < 1.29 is 9.90 Å². The van der Waals surface area contributed by atoms with Gasteiger partial charge >= 0.3 is 0 Å². The molecule has 3 rings (SSSR count). The van der Waals surface area contributed by atoms with Gasteiger partial charge < -0.3 is 21.1 Å². The van der Waals surface area contributed by atoms with Crippen LogP contribution in [0.15, 0.2) is 36.4 Å². The summed E-state index contributed by atoms with van der Waals surface area (Å²) in [6.07, 6.45) is 4.87. The molecule has 4 N–H and O–H groups in total. The van der Waals surface area contributed by atoms with Gasteiger partial charge in [-0.2, -0.15) is 0 Å². The molecule has 1 aromatic carbocycles. The highest BCUT2D eigenvalue weighted by atomic mass is 16.3. The number of nitrogens with one attached hydrogen (secondary N) is 1. The molecule has 1 aliphatic rings. The number of carbonyl (C=O) groups excluding carboxylic acids is 1. The maximum absolute atomic E-state index is 12.4. The molecule has 1 amide bonds. The number of nitrogens with zero attached hydrogens (tertiary/aromatic N) is 3. The summed E-state index contributed by atoms with van der Waals surface area (Å²) in [5.74, 6) is 3.21. The van der Waals surface area contributed by atoms with E-state index in [1.54, 1.807) is 12.1 Å². The Morgan fingerprint density at radius 2 is 2.07 bits per heavy atom. The van der Waals surface area contributed by atoms with Gasteiger partial charge in [0.05, 0.1) is 18.6 Å². The first-order chi connectivity index (χ1) is 13.5. The average molecular weight is 379 g/mol. The number of amides is 1. The van der Waals surface area contributed by atoms with Crippen LogP contribution in [0.5, 0.6) is 0 Å². The lowest BCUT2D eigenvalue weighted by Gasteiger charge is -2.17. The molecule has 146 valence electrons. The normalized spacial score (nSPS) is 19.9. The minimum Gasteiger partial charge on any atom is -0.389 e. The van der Waals surface area contributed by atoms with Crippen molar-refractivity contribution in [2.45, 2.75) is 31.4 Å². The molecule has 1 saturated heterocycles. The van der Waals surface area contributed by atoms with Crippen LogP contribution in [0.3, 0.4) is 0 Å². The number of hydrogen-bond donors (Lipinski definition) is 3. The number of rotatable bonds is 6. The maximum atomic E-state index is 12.4. The van der Waals surface area contributed by atoms with Gasteiger partial charge in [-0.3, -0.25) is 4.79 Å². The number of hydrogen-bond acceptors (Lipinski definition) is 6. The molecule has 0 aliphatic carbocycles. The van der Waals surface area contributed by atoms with Crippen molar-refractivity contribution in [1.82, 2.24) is 15.5 Å². The molecule has 1 aromatic heterocycles. The molecule has 0 bridgehead atoms. The van der Waals surface area contributed by atoms with Gasteiger partial charge in [-0.1, -0.05) is 31.2 Å². The first kappa shape index (κ1) is 19.8. The minimum absolute atomic E-state index is 0.126. The van der Waals surface area contributed by atoms with Gasteiger partial charge in [0.2, 0.25) is 5.91 Å². The van der Waals surface area contributed by atoms with Crippen LogP contribution in [0, 0.1) is 12.3 Å². The Morgan fingerprint density at radius 1 is 1.32 bits per heavy atom. The summed E-state index contributed by atoms with van der Waals surface area (Å²) in [5, 5.41) is 21.2. The molecule has 0 saturated carbocycles. The highest BCUT2D eigenvalue weighted by Gasteiger charge is 2.33. The molecule has 1 fully saturated rings. The van der Waals surface area contributed by atoms with E-state index in [4.69, 9.17) is 12.2 Å². The van der Waals surface area contributed by atoms with E-state index in [0.29, 0.717) is 37.1 Å². The van der Waals surface area contributed by atoms with E-state index >= 15 is 0 Å². The topological polar surface area (TPSA) is 104 Å². The van der Waals surface area contributed by atoms with E-state index in [9.17, 15) is 9.90 Å². The van der Waals surface area contributed by atoms with Crippen LogP contribution in [0.1, 0.15) is 29.7 Å².